The minimum Gasteiger partial charge on any atom is -0.744 e. The van der Waals surface area contributed by atoms with E-state index >= 15 is 0 Å². The van der Waals surface area contributed by atoms with Gasteiger partial charge < -0.3 is 4.55 Å². The maximum absolute atomic E-state index is 10.4. The van der Waals surface area contributed by atoms with Gasteiger partial charge in [0, 0.05) is 5.88 Å². The van der Waals surface area contributed by atoms with Crippen LogP contribution in [0.5, 0.6) is 0 Å². The lowest BCUT2D eigenvalue weighted by atomic mass is 10.2. The fourth-order valence-electron chi connectivity index (χ4n) is 0.745. The van der Waals surface area contributed by atoms with E-state index in [1.54, 1.807) is 0 Å². The lowest BCUT2D eigenvalue weighted by Crippen LogP contribution is -1.97. The molecular weight excluding hydrogens is 200 g/mol. The van der Waals surface area contributed by atoms with Crippen molar-refractivity contribution in [3.05, 3.63) is 29.8 Å². The quantitative estimate of drug-likeness (QED) is 0.541. The smallest absolute Gasteiger partial charge is 0.124 e. The van der Waals surface area contributed by atoms with Gasteiger partial charge in [-0.3, -0.25) is 0 Å². The topological polar surface area (TPSA) is 57.2 Å². The Balaban J connectivity index is 3.09. The molecule has 0 spiro atoms. The molecule has 66 valence electrons. The fraction of sp³-hybridized carbons (Fsp3) is 0.143. The van der Waals surface area contributed by atoms with E-state index in [9.17, 15) is 13.0 Å². The van der Waals surface area contributed by atoms with Crippen LogP contribution in [0, 0.1) is 0 Å². The zero-order valence-corrected chi connectivity index (χ0v) is 7.60. The molecule has 0 aliphatic carbocycles. The monoisotopic (exact) mass is 205 g/mol. The Morgan fingerprint density at radius 3 is 2.08 bits per heavy atom. The molecule has 0 radical (unpaired) electrons. The molecule has 0 bridgehead atoms. The van der Waals surface area contributed by atoms with Crippen molar-refractivity contribution in [1.82, 2.24) is 0 Å². The molecule has 0 saturated carbocycles. The van der Waals surface area contributed by atoms with Crippen molar-refractivity contribution in [2.24, 2.45) is 0 Å². The molecule has 0 saturated heterocycles. The third kappa shape index (κ3) is 2.20. The third-order valence-corrected chi connectivity index (χ3v) is 2.52. The summed E-state index contributed by atoms with van der Waals surface area (Å²) >= 11 is 5.47. The Kier molecular flexibility index (Phi) is 2.72. The van der Waals surface area contributed by atoms with Crippen molar-refractivity contribution in [3.63, 3.8) is 0 Å². The van der Waals surface area contributed by atoms with Crippen LogP contribution in [0.15, 0.2) is 29.2 Å². The standard InChI is InChI=1S/C7H7ClO3S/c8-5-6-1-3-7(4-2-6)12(9,10)11/h1-4H,5H2,(H,9,10,11)/p-1. The average Bonchev–Trinajstić information content (AvgIpc) is 2.03. The van der Waals surface area contributed by atoms with Crippen LogP contribution < -0.4 is 0 Å². The highest BCUT2D eigenvalue weighted by Crippen LogP contribution is 2.10. The van der Waals surface area contributed by atoms with Crippen LogP contribution in [0.25, 0.3) is 0 Å². The highest BCUT2D eigenvalue weighted by Gasteiger charge is 1.99. The molecule has 3 nitrogen and oxygen atoms in total. The molecule has 0 atom stereocenters. The second kappa shape index (κ2) is 3.43. The summed E-state index contributed by atoms with van der Waals surface area (Å²) in [5, 5.41) is 0. The van der Waals surface area contributed by atoms with Crippen molar-refractivity contribution in [2.75, 3.05) is 0 Å². The SMILES string of the molecule is O=S(=O)([O-])c1ccc(CCl)cc1. The van der Waals surface area contributed by atoms with Crippen molar-refractivity contribution < 1.29 is 13.0 Å². The molecule has 0 N–H and O–H groups in total. The number of alkyl halides is 1. The molecule has 1 aromatic rings. The van der Waals surface area contributed by atoms with Gasteiger partial charge in [0.1, 0.15) is 10.1 Å². The molecule has 0 unspecified atom stereocenters. The fourth-order valence-corrected chi connectivity index (χ4v) is 1.39. The summed E-state index contributed by atoms with van der Waals surface area (Å²) in [4.78, 5) is -0.226. The first-order chi connectivity index (χ1) is 5.54. The van der Waals surface area contributed by atoms with Crippen LogP contribution in [-0.4, -0.2) is 13.0 Å². The second-order valence-corrected chi connectivity index (χ2v) is 3.88. The Labute approximate surface area is 75.7 Å². The third-order valence-electron chi connectivity index (χ3n) is 1.37. The van der Waals surface area contributed by atoms with E-state index in [0.29, 0.717) is 5.88 Å². The molecular formula is C7H6ClO3S-. The van der Waals surface area contributed by atoms with E-state index in [0.717, 1.165) is 5.56 Å². The van der Waals surface area contributed by atoms with Gasteiger partial charge in [-0.05, 0) is 17.7 Å². The molecule has 0 aliphatic heterocycles. The summed E-state index contributed by atoms with van der Waals surface area (Å²) in [6, 6.07) is 5.52. The van der Waals surface area contributed by atoms with Gasteiger partial charge in [0.25, 0.3) is 0 Å². The minimum atomic E-state index is -4.32. The van der Waals surface area contributed by atoms with E-state index in [4.69, 9.17) is 11.6 Å². The van der Waals surface area contributed by atoms with Crippen molar-refractivity contribution in [3.8, 4) is 0 Å². The van der Waals surface area contributed by atoms with E-state index in [1.165, 1.54) is 24.3 Å². The van der Waals surface area contributed by atoms with Gasteiger partial charge in [-0.1, -0.05) is 12.1 Å². The normalized spacial score (nSPS) is 11.5. The van der Waals surface area contributed by atoms with E-state index in [-0.39, 0.29) is 4.90 Å². The molecule has 1 aromatic carbocycles. The Bertz CT molecular complexity index is 355. The maximum atomic E-state index is 10.4. The molecule has 5 heteroatoms. The lowest BCUT2D eigenvalue weighted by molar-refractivity contribution is 0.463. The van der Waals surface area contributed by atoms with E-state index < -0.39 is 10.1 Å². The Morgan fingerprint density at radius 2 is 1.75 bits per heavy atom. The van der Waals surface area contributed by atoms with Crippen molar-refractivity contribution in [2.45, 2.75) is 10.8 Å². The van der Waals surface area contributed by atoms with Gasteiger partial charge in [-0.2, -0.15) is 0 Å². The summed E-state index contributed by atoms with van der Waals surface area (Å²) in [6.07, 6.45) is 0. The first-order valence-electron chi connectivity index (χ1n) is 3.15. The first-order valence-corrected chi connectivity index (χ1v) is 5.09. The van der Waals surface area contributed by atoms with Gasteiger partial charge in [-0.15, -0.1) is 11.6 Å². The van der Waals surface area contributed by atoms with Crippen LogP contribution in [0.4, 0.5) is 0 Å². The van der Waals surface area contributed by atoms with Gasteiger partial charge >= 0.3 is 0 Å². The largest absolute Gasteiger partial charge is 0.744 e. The molecule has 0 amide bonds. The van der Waals surface area contributed by atoms with Crippen LogP contribution in [0.3, 0.4) is 0 Å². The Hall–Kier alpha value is -0.580. The zero-order valence-electron chi connectivity index (χ0n) is 6.03. The van der Waals surface area contributed by atoms with E-state index in [1.807, 2.05) is 0 Å². The first kappa shape index (κ1) is 9.51. The number of rotatable bonds is 2. The summed E-state index contributed by atoms with van der Waals surface area (Å²) in [7, 11) is -4.32. The molecule has 0 aromatic heterocycles. The Morgan fingerprint density at radius 1 is 1.25 bits per heavy atom. The summed E-state index contributed by atoms with van der Waals surface area (Å²) in [5.74, 6) is 0.305. The second-order valence-electron chi connectivity index (χ2n) is 2.23. The number of hydrogen-bond acceptors (Lipinski definition) is 3. The molecule has 1 rings (SSSR count). The number of halogens is 1. The summed E-state index contributed by atoms with van der Waals surface area (Å²) < 4.78 is 31.3. The zero-order chi connectivity index (χ0) is 9.19. The summed E-state index contributed by atoms with van der Waals surface area (Å²) in [6.45, 7) is 0. The molecule has 12 heavy (non-hydrogen) atoms. The minimum absolute atomic E-state index is 0.226. The molecule has 0 heterocycles. The number of hydrogen-bond donors (Lipinski definition) is 0. The predicted octanol–water partition coefficient (Wildman–Crippen LogP) is 1.33. The molecule has 0 aliphatic rings. The van der Waals surface area contributed by atoms with Gasteiger partial charge in [0.2, 0.25) is 0 Å². The van der Waals surface area contributed by atoms with E-state index in [2.05, 4.69) is 0 Å². The number of benzene rings is 1. The molecule has 0 fully saturated rings. The summed E-state index contributed by atoms with van der Waals surface area (Å²) in [5.41, 5.74) is 0.782. The maximum Gasteiger partial charge on any atom is 0.124 e. The average molecular weight is 206 g/mol. The van der Waals surface area contributed by atoms with Crippen molar-refractivity contribution in [1.29, 1.82) is 0 Å². The van der Waals surface area contributed by atoms with Gasteiger partial charge in [0.05, 0.1) is 4.90 Å². The van der Waals surface area contributed by atoms with Crippen LogP contribution >= 0.6 is 11.6 Å². The highest BCUT2D eigenvalue weighted by molar-refractivity contribution is 7.85. The lowest BCUT2D eigenvalue weighted by Gasteiger charge is -2.06. The van der Waals surface area contributed by atoms with Gasteiger partial charge in [-0.25, -0.2) is 8.42 Å². The van der Waals surface area contributed by atoms with Gasteiger partial charge in [0.15, 0.2) is 0 Å². The van der Waals surface area contributed by atoms with Crippen LogP contribution in [0.2, 0.25) is 0 Å². The van der Waals surface area contributed by atoms with Crippen LogP contribution in [-0.2, 0) is 16.0 Å². The highest BCUT2D eigenvalue weighted by atomic mass is 35.5. The predicted molar refractivity (Wildman–Crippen MR) is 44.0 cm³/mol. The van der Waals surface area contributed by atoms with Crippen molar-refractivity contribution >= 4 is 21.7 Å². The van der Waals surface area contributed by atoms with Crippen LogP contribution in [0.1, 0.15) is 5.56 Å².